The number of nitrogen functional groups attached to an aromatic ring is 1. The molecule has 21 heavy (non-hydrogen) atoms. The highest BCUT2D eigenvalue weighted by Crippen LogP contribution is 2.40. The highest BCUT2D eigenvalue weighted by atomic mass is 35.5. The van der Waals surface area contributed by atoms with Crippen molar-refractivity contribution in [2.45, 2.75) is 25.3 Å². The molecule has 3 rings (SSSR count). The average molecular weight is 307 g/mol. The zero-order valence-corrected chi connectivity index (χ0v) is 12.7. The van der Waals surface area contributed by atoms with Crippen molar-refractivity contribution < 1.29 is 4.74 Å². The molecule has 0 saturated heterocycles. The van der Waals surface area contributed by atoms with Crippen molar-refractivity contribution in [3.05, 3.63) is 47.3 Å². The summed E-state index contributed by atoms with van der Waals surface area (Å²) in [5.74, 6) is 1.45. The molecule has 0 unspecified atom stereocenters. The van der Waals surface area contributed by atoms with Crippen molar-refractivity contribution in [3.63, 3.8) is 0 Å². The van der Waals surface area contributed by atoms with Crippen LogP contribution >= 0.6 is 12.4 Å². The van der Waals surface area contributed by atoms with E-state index in [0.29, 0.717) is 18.2 Å². The zero-order valence-electron chi connectivity index (χ0n) is 11.9. The lowest BCUT2D eigenvalue weighted by Gasteiger charge is -2.07. The summed E-state index contributed by atoms with van der Waals surface area (Å²) in [6.07, 6.45) is 2.40. The van der Waals surface area contributed by atoms with Gasteiger partial charge in [0.2, 0.25) is 0 Å². The second-order valence-corrected chi connectivity index (χ2v) is 5.15. The van der Waals surface area contributed by atoms with Crippen LogP contribution < -0.4 is 10.5 Å². The maximum Gasteiger partial charge on any atom is 0.143 e. The quantitative estimate of drug-likeness (QED) is 0.658. The van der Waals surface area contributed by atoms with Gasteiger partial charge in [-0.15, -0.1) is 12.4 Å². The van der Waals surface area contributed by atoms with Gasteiger partial charge in [-0.25, -0.2) is 0 Å². The number of nitrogens with two attached hydrogens (primary N) is 1. The van der Waals surface area contributed by atoms with E-state index < -0.39 is 0 Å². The van der Waals surface area contributed by atoms with E-state index in [1.54, 1.807) is 7.11 Å². The number of amidine groups is 1. The lowest BCUT2D eigenvalue weighted by atomic mass is 10.2. The van der Waals surface area contributed by atoms with E-state index in [4.69, 9.17) is 15.9 Å². The number of halogens is 1. The van der Waals surface area contributed by atoms with Crippen LogP contribution in [0.3, 0.4) is 0 Å². The summed E-state index contributed by atoms with van der Waals surface area (Å²) in [5.41, 5.74) is 8.45. The van der Waals surface area contributed by atoms with Crippen molar-refractivity contribution in [1.29, 1.82) is 5.41 Å². The molecule has 1 aromatic heterocycles. The van der Waals surface area contributed by atoms with E-state index in [2.05, 4.69) is 5.10 Å². The Bertz CT molecular complexity index is 632. The molecule has 1 heterocycles. The number of nitrogens with one attached hydrogen (secondary N) is 1. The van der Waals surface area contributed by atoms with E-state index >= 15 is 0 Å². The first-order chi connectivity index (χ1) is 9.67. The second kappa shape index (κ2) is 6.18. The molecular weight excluding hydrogens is 288 g/mol. The van der Waals surface area contributed by atoms with Gasteiger partial charge in [0.25, 0.3) is 0 Å². The lowest BCUT2D eigenvalue weighted by Crippen LogP contribution is -2.13. The number of methoxy groups -OCH3 is 1. The predicted octanol–water partition coefficient (Wildman–Crippen LogP) is 2.52. The Kier molecular flexibility index (Phi) is 4.53. The standard InChI is InChI=1S/C15H18N4O.ClH/c1-20-12-6-2-10(3-7-12)9-19-14(11-4-5-11)8-13(18-19)15(16)17;/h2-3,6-8,11H,4-5,9H2,1H3,(H3,16,17);1H. The molecule has 0 atom stereocenters. The fourth-order valence-corrected chi connectivity index (χ4v) is 2.30. The van der Waals surface area contributed by atoms with Crippen LogP contribution in [0.25, 0.3) is 0 Å². The van der Waals surface area contributed by atoms with Gasteiger partial charge in [-0.05, 0) is 36.6 Å². The molecular formula is C15H19ClN4O. The molecule has 6 heteroatoms. The van der Waals surface area contributed by atoms with Gasteiger partial charge in [0, 0.05) is 11.6 Å². The molecule has 1 saturated carbocycles. The fraction of sp³-hybridized carbons (Fsp3) is 0.333. The number of nitrogens with zero attached hydrogens (tertiary/aromatic N) is 2. The van der Waals surface area contributed by atoms with Gasteiger partial charge >= 0.3 is 0 Å². The molecule has 1 aliphatic rings. The minimum atomic E-state index is 0. The molecule has 0 spiro atoms. The second-order valence-electron chi connectivity index (χ2n) is 5.15. The van der Waals surface area contributed by atoms with Crippen LogP contribution in [0.15, 0.2) is 30.3 Å². The van der Waals surface area contributed by atoms with Gasteiger partial charge in [-0.1, -0.05) is 12.1 Å². The Morgan fingerprint density at radius 3 is 2.57 bits per heavy atom. The summed E-state index contributed by atoms with van der Waals surface area (Å²) in [6.45, 7) is 0.698. The Morgan fingerprint density at radius 1 is 1.38 bits per heavy atom. The Balaban J connectivity index is 0.00000161. The Labute approximate surface area is 130 Å². The third kappa shape index (κ3) is 3.36. The molecule has 0 bridgehead atoms. The summed E-state index contributed by atoms with van der Waals surface area (Å²) < 4.78 is 7.13. The molecule has 2 aromatic rings. The molecule has 112 valence electrons. The first-order valence-corrected chi connectivity index (χ1v) is 6.72. The summed E-state index contributed by atoms with van der Waals surface area (Å²) >= 11 is 0. The van der Waals surface area contributed by atoms with Crippen LogP contribution in [-0.4, -0.2) is 22.7 Å². The van der Waals surface area contributed by atoms with E-state index in [-0.39, 0.29) is 18.2 Å². The number of hydrogen-bond acceptors (Lipinski definition) is 3. The van der Waals surface area contributed by atoms with Gasteiger partial charge in [-0.2, -0.15) is 5.10 Å². The monoisotopic (exact) mass is 306 g/mol. The summed E-state index contributed by atoms with van der Waals surface area (Å²) in [5, 5.41) is 12.0. The topological polar surface area (TPSA) is 76.9 Å². The third-order valence-corrected chi connectivity index (χ3v) is 3.57. The van der Waals surface area contributed by atoms with Crippen molar-refractivity contribution in [2.75, 3.05) is 7.11 Å². The largest absolute Gasteiger partial charge is 0.497 e. The van der Waals surface area contributed by atoms with E-state index in [0.717, 1.165) is 11.3 Å². The van der Waals surface area contributed by atoms with Crippen LogP contribution in [0.2, 0.25) is 0 Å². The predicted molar refractivity (Wildman–Crippen MR) is 84.6 cm³/mol. The first kappa shape index (κ1) is 15.4. The molecule has 1 fully saturated rings. The number of hydrogen-bond donors (Lipinski definition) is 2. The molecule has 3 N–H and O–H groups in total. The number of aromatic nitrogens is 2. The van der Waals surface area contributed by atoms with Crippen molar-refractivity contribution in [3.8, 4) is 5.75 Å². The van der Waals surface area contributed by atoms with Crippen LogP contribution in [-0.2, 0) is 6.54 Å². The molecule has 0 amide bonds. The molecule has 1 aliphatic carbocycles. The minimum Gasteiger partial charge on any atom is -0.497 e. The molecule has 1 aromatic carbocycles. The summed E-state index contributed by atoms with van der Waals surface area (Å²) in [6, 6.07) is 9.90. The van der Waals surface area contributed by atoms with Crippen LogP contribution in [0, 0.1) is 5.41 Å². The summed E-state index contributed by atoms with van der Waals surface area (Å²) in [4.78, 5) is 0. The highest BCUT2D eigenvalue weighted by Gasteiger charge is 2.28. The average Bonchev–Trinajstić information content (AvgIpc) is 3.21. The van der Waals surface area contributed by atoms with Crippen LogP contribution in [0.1, 0.15) is 35.7 Å². The van der Waals surface area contributed by atoms with Gasteiger partial charge in [0.15, 0.2) is 0 Å². The first-order valence-electron chi connectivity index (χ1n) is 6.72. The summed E-state index contributed by atoms with van der Waals surface area (Å²) in [7, 11) is 1.66. The third-order valence-electron chi connectivity index (χ3n) is 3.57. The Hall–Kier alpha value is -2.01. The van der Waals surface area contributed by atoms with Crippen molar-refractivity contribution in [2.24, 2.45) is 5.73 Å². The molecule has 0 aliphatic heterocycles. The maximum atomic E-state index is 7.52. The SMILES string of the molecule is COc1ccc(Cn2nc(C(=N)N)cc2C2CC2)cc1.Cl. The zero-order chi connectivity index (χ0) is 14.1. The van der Waals surface area contributed by atoms with Gasteiger partial charge in [-0.3, -0.25) is 10.1 Å². The minimum absolute atomic E-state index is 0. The van der Waals surface area contributed by atoms with Gasteiger partial charge < -0.3 is 10.5 Å². The van der Waals surface area contributed by atoms with Crippen molar-refractivity contribution in [1.82, 2.24) is 9.78 Å². The maximum absolute atomic E-state index is 7.52. The van der Waals surface area contributed by atoms with Crippen LogP contribution in [0.5, 0.6) is 5.75 Å². The molecule has 0 radical (unpaired) electrons. The number of benzene rings is 1. The van der Waals surface area contributed by atoms with E-state index in [1.165, 1.54) is 18.5 Å². The number of ether oxygens (including phenoxy) is 1. The highest BCUT2D eigenvalue weighted by molar-refractivity contribution is 5.93. The van der Waals surface area contributed by atoms with E-state index in [1.807, 2.05) is 35.0 Å². The smallest absolute Gasteiger partial charge is 0.143 e. The normalized spacial score (nSPS) is 13.6. The van der Waals surface area contributed by atoms with E-state index in [9.17, 15) is 0 Å². The lowest BCUT2D eigenvalue weighted by molar-refractivity contribution is 0.414. The molecule has 5 nitrogen and oxygen atoms in total. The van der Waals surface area contributed by atoms with Gasteiger partial charge in [0.1, 0.15) is 17.3 Å². The van der Waals surface area contributed by atoms with Gasteiger partial charge in [0.05, 0.1) is 13.7 Å². The number of rotatable bonds is 5. The van der Waals surface area contributed by atoms with Crippen LogP contribution in [0.4, 0.5) is 0 Å². The fourth-order valence-electron chi connectivity index (χ4n) is 2.30. The van der Waals surface area contributed by atoms with Crippen molar-refractivity contribution >= 4 is 18.2 Å². The Morgan fingerprint density at radius 2 is 2.05 bits per heavy atom.